The van der Waals surface area contributed by atoms with E-state index in [0.29, 0.717) is 10.6 Å². The quantitative estimate of drug-likeness (QED) is 0.872. The summed E-state index contributed by atoms with van der Waals surface area (Å²) in [6.45, 7) is 1.85. The van der Waals surface area contributed by atoms with Gasteiger partial charge in [-0.2, -0.15) is 5.26 Å². The van der Waals surface area contributed by atoms with Crippen molar-refractivity contribution >= 4 is 17.3 Å². The maximum Gasteiger partial charge on any atom is 0.101 e. The summed E-state index contributed by atoms with van der Waals surface area (Å²) in [7, 11) is 2.15. The molecule has 1 N–H and O–H groups in total. The Bertz CT molecular complexity index is 435. The van der Waals surface area contributed by atoms with Crippen LogP contribution in [-0.2, 0) is 0 Å². The SMILES string of the molecule is CN(CCNc1ccc(Cl)cc1C#N)C1CC1. The highest BCUT2D eigenvalue weighted by Crippen LogP contribution is 2.25. The topological polar surface area (TPSA) is 39.1 Å². The molecule has 4 heteroatoms. The molecule has 0 aliphatic heterocycles. The van der Waals surface area contributed by atoms with Crippen molar-refractivity contribution in [3.05, 3.63) is 28.8 Å². The summed E-state index contributed by atoms with van der Waals surface area (Å²) >= 11 is 5.84. The average molecular weight is 250 g/mol. The number of hydrogen-bond acceptors (Lipinski definition) is 3. The van der Waals surface area contributed by atoms with Crippen LogP contribution < -0.4 is 5.32 Å². The molecule has 1 aliphatic carbocycles. The molecule has 1 fully saturated rings. The molecule has 0 atom stereocenters. The van der Waals surface area contributed by atoms with Gasteiger partial charge in [0, 0.05) is 24.2 Å². The standard InChI is InChI=1S/C13H16ClN3/c1-17(12-3-4-12)7-6-16-13-5-2-11(14)8-10(13)9-15/h2,5,8,12,16H,3-4,6-7H2,1H3. The Hall–Kier alpha value is -1.24. The monoisotopic (exact) mass is 249 g/mol. The Balaban J connectivity index is 1.87. The molecular formula is C13H16ClN3. The second-order valence-electron chi connectivity index (χ2n) is 4.44. The van der Waals surface area contributed by atoms with Crippen molar-refractivity contribution in [1.82, 2.24) is 4.90 Å². The van der Waals surface area contributed by atoms with Gasteiger partial charge < -0.3 is 10.2 Å². The molecule has 0 amide bonds. The van der Waals surface area contributed by atoms with Crippen LogP contribution in [0.25, 0.3) is 0 Å². The van der Waals surface area contributed by atoms with E-state index in [2.05, 4.69) is 23.3 Å². The van der Waals surface area contributed by atoms with E-state index in [1.54, 1.807) is 12.1 Å². The van der Waals surface area contributed by atoms with Crippen LogP contribution in [0, 0.1) is 11.3 Å². The summed E-state index contributed by atoms with van der Waals surface area (Å²) < 4.78 is 0. The van der Waals surface area contributed by atoms with E-state index in [1.807, 2.05) is 6.07 Å². The molecule has 2 rings (SSSR count). The lowest BCUT2D eigenvalue weighted by Crippen LogP contribution is -2.27. The molecular weight excluding hydrogens is 234 g/mol. The van der Waals surface area contributed by atoms with Crippen LogP contribution in [0.4, 0.5) is 5.69 Å². The summed E-state index contributed by atoms with van der Waals surface area (Å²) in [5.74, 6) is 0. The van der Waals surface area contributed by atoms with Crippen LogP contribution in [-0.4, -0.2) is 31.1 Å². The first kappa shape index (κ1) is 12.2. The van der Waals surface area contributed by atoms with Gasteiger partial charge >= 0.3 is 0 Å². The fourth-order valence-electron chi connectivity index (χ4n) is 1.83. The Morgan fingerprint density at radius 3 is 2.94 bits per heavy atom. The van der Waals surface area contributed by atoms with Crippen molar-refractivity contribution in [1.29, 1.82) is 5.26 Å². The van der Waals surface area contributed by atoms with E-state index in [0.717, 1.165) is 24.8 Å². The van der Waals surface area contributed by atoms with Gasteiger partial charge in [-0.15, -0.1) is 0 Å². The Morgan fingerprint density at radius 1 is 1.53 bits per heavy atom. The molecule has 1 aromatic rings. The van der Waals surface area contributed by atoms with Gasteiger partial charge in [-0.05, 0) is 38.1 Å². The Labute approximate surface area is 107 Å². The molecule has 17 heavy (non-hydrogen) atoms. The molecule has 90 valence electrons. The maximum atomic E-state index is 8.99. The van der Waals surface area contributed by atoms with Crippen molar-refractivity contribution in [3.63, 3.8) is 0 Å². The predicted octanol–water partition coefficient (Wildman–Crippen LogP) is 2.72. The van der Waals surface area contributed by atoms with Crippen LogP contribution in [0.2, 0.25) is 5.02 Å². The zero-order valence-electron chi connectivity index (χ0n) is 9.91. The summed E-state index contributed by atoms with van der Waals surface area (Å²) in [5.41, 5.74) is 1.47. The Kier molecular flexibility index (Phi) is 3.88. The molecule has 1 aliphatic rings. The number of nitrogens with zero attached hydrogens (tertiary/aromatic N) is 2. The zero-order chi connectivity index (χ0) is 12.3. The molecule has 1 saturated carbocycles. The number of nitriles is 1. The Morgan fingerprint density at radius 2 is 2.29 bits per heavy atom. The number of likely N-dealkylation sites (N-methyl/N-ethyl adjacent to an activating group) is 1. The van der Waals surface area contributed by atoms with Crippen molar-refractivity contribution in [3.8, 4) is 6.07 Å². The normalized spacial score (nSPS) is 14.7. The first-order chi connectivity index (χ1) is 8.20. The van der Waals surface area contributed by atoms with Crippen molar-refractivity contribution < 1.29 is 0 Å². The van der Waals surface area contributed by atoms with E-state index < -0.39 is 0 Å². The molecule has 1 aromatic carbocycles. The molecule has 0 aromatic heterocycles. The summed E-state index contributed by atoms with van der Waals surface area (Å²) in [6, 6.07) is 8.27. The highest BCUT2D eigenvalue weighted by Gasteiger charge is 2.25. The maximum absolute atomic E-state index is 8.99. The van der Waals surface area contributed by atoms with E-state index in [9.17, 15) is 0 Å². The minimum Gasteiger partial charge on any atom is -0.383 e. The van der Waals surface area contributed by atoms with Gasteiger partial charge in [0.05, 0.1) is 11.3 Å². The van der Waals surface area contributed by atoms with Gasteiger partial charge in [0.2, 0.25) is 0 Å². The summed E-state index contributed by atoms with van der Waals surface area (Å²) in [4.78, 5) is 2.36. The van der Waals surface area contributed by atoms with Crippen molar-refractivity contribution in [2.75, 3.05) is 25.5 Å². The van der Waals surface area contributed by atoms with Gasteiger partial charge in [0.1, 0.15) is 6.07 Å². The predicted molar refractivity (Wildman–Crippen MR) is 70.3 cm³/mol. The van der Waals surface area contributed by atoms with E-state index in [1.165, 1.54) is 12.8 Å². The van der Waals surface area contributed by atoms with Gasteiger partial charge in [0.25, 0.3) is 0 Å². The molecule has 0 unspecified atom stereocenters. The minimum absolute atomic E-state index is 0.599. The lowest BCUT2D eigenvalue weighted by atomic mass is 10.2. The number of benzene rings is 1. The third-order valence-corrected chi connectivity index (χ3v) is 3.29. The molecule has 0 bridgehead atoms. The van der Waals surface area contributed by atoms with Crippen LogP contribution >= 0.6 is 11.6 Å². The summed E-state index contributed by atoms with van der Waals surface area (Å²) in [6.07, 6.45) is 2.64. The van der Waals surface area contributed by atoms with Gasteiger partial charge in [-0.3, -0.25) is 0 Å². The highest BCUT2D eigenvalue weighted by molar-refractivity contribution is 6.30. The number of anilines is 1. The van der Waals surface area contributed by atoms with Crippen molar-refractivity contribution in [2.24, 2.45) is 0 Å². The number of hydrogen-bond donors (Lipinski definition) is 1. The van der Waals surface area contributed by atoms with Crippen LogP contribution in [0.15, 0.2) is 18.2 Å². The van der Waals surface area contributed by atoms with Crippen LogP contribution in [0.3, 0.4) is 0 Å². The van der Waals surface area contributed by atoms with Gasteiger partial charge in [0.15, 0.2) is 0 Å². The molecule has 3 nitrogen and oxygen atoms in total. The zero-order valence-corrected chi connectivity index (χ0v) is 10.7. The summed E-state index contributed by atoms with van der Waals surface area (Å²) in [5, 5.41) is 12.9. The third-order valence-electron chi connectivity index (χ3n) is 3.05. The highest BCUT2D eigenvalue weighted by atomic mass is 35.5. The lowest BCUT2D eigenvalue weighted by molar-refractivity contribution is 0.337. The second kappa shape index (κ2) is 5.39. The van der Waals surface area contributed by atoms with E-state index in [-0.39, 0.29) is 0 Å². The average Bonchev–Trinajstić information content (AvgIpc) is 3.14. The second-order valence-corrected chi connectivity index (χ2v) is 4.88. The number of rotatable bonds is 5. The first-order valence-electron chi connectivity index (χ1n) is 5.84. The molecule has 0 saturated heterocycles. The fourth-order valence-corrected chi connectivity index (χ4v) is 2.00. The first-order valence-corrected chi connectivity index (χ1v) is 6.22. The van der Waals surface area contributed by atoms with Gasteiger partial charge in [-0.25, -0.2) is 0 Å². The largest absolute Gasteiger partial charge is 0.383 e. The number of halogens is 1. The van der Waals surface area contributed by atoms with E-state index >= 15 is 0 Å². The molecule has 0 spiro atoms. The van der Waals surface area contributed by atoms with E-state index in [4.69, 9.17) is 16.9 Å². The molecule has 0 heterocycles. The van der Waals surface area contributed by atoms with Crippen molar-refractivity contribution in [2.45, 2.75) is 18.9 Å². The molecule has 0 radical (unpaired) electrons. The smallest absolute Gasteiger partial charge is 0.101 e. The fraction of sp³-hybridized carbons (Fsp3) is 0.462. The third kappa shape index (κ3) is 3.36. The van der Waals surface area contributed by atoms with Gasteiger partial charge in [-0.1, -0.05) is 11.6 Å². The minimum atomic E-state index is 0.599. The van der Waals surface area contributed by atoms with Crippen LogP contribution in [0.5, 0.6) is 0 Å². The van der Waals surface area contributed by atoms with Crippen LogP contribution in [0.1, 0.15) is 18.4 Å². The lowest BCUT2D eigenvalue weighted by Gasteiger charge is -2.16. The number of nitrogens with one attached hydrogen (secondary N) is 1.